The van der Waals surface area contributed by atoms with Gasteiger partial charge in [-0.2, -0.15) is 0 Å². The van der Waals surface area contributed by atoms with Crippen molar-refractivity contribution in [3.63, 3.8) is 0 Å². The molecule has 2 unspecified atom stereocenters. The van der Waals surface area contributed by atoms with Crippen LogP contribution in [0.3, 0.4) is 0 Å². The molecule has 2 heterocycles. The third kappa shape index (κ3) is 8.54. The Morgan fingerprint density at radius 2 is 1.84 bits per heavy atom. The minimum Gasteiger partial charge on any atom is -0.598 e. The van der Waals surface area contributed by atoms with Crippen LogP contribution in [0.1, 0.15) is 84.8 Å². The molecule has 2 aliphatic rings. The van der Waals surface area contributed by atoms with E-state index in [1.807, 2.05) is 53.7 Å². The van der Waals surface area contributed by atoms with Crippen LogP contribution in [-0.2, 0) is 31.2 Å². The molecule has 5 atom stereocenters. The SMILES string of the molecule is CO[C@@H]1C[C@H](C(=O)Nc2cc(C(CCC3CC3)(N[S@+]([O-])C(C)(C)C)c3ccncc3)ccc2F)N(C(O)OC(C)(C)C)C1. The molecule has 9 nitrogen and oxygen atoms in total. The van der Waals surface area contributed by atoms with Gasteiger partial charge < -0.3 is 24.4 Å². The molecule has 11 heteroatoms. The lowest BCUT2D eigenvalue weighted by Gasteiger charge is -2.39. The third-order valence-corrected chi connectivity index (χ3v) is 9.66. The van der Waals surface area contributed by atoms with Gasteiger partial charge in [0, 0.05) is 37.4 Å². The second-order valence-electron chi connectivity index (χ2n) is 13.7. The van der Waals surface area contributed by atoms with Gasteiger partial charge in [-0.15, -0.1) is 4.72 Å². The Labute approximate surface area is 258 Å². The number of halogens is 1. The zero-order valence-electron chi connectivity index (χ0n) is 26.4. The number of pyridine rings is 1. The molecule has 0 radical (unpaired) electrons. The number of hydrogen-bond donors (Lipinski definition) is 3. The van der Waals surface area contributed by atoms with Gasteiger partial charge in [0.05, 0.1) is 23.4 Å². The first-order valence-corrected chi connectivity index (χ1v) is 16.1. The number of anilines is 1. The monoisotopic (exact) mass is 618 g/mol. The maximum atomic E-state index is 15.4. The number of aromatic nitrogens is 1. The van der Waals surface area contributed by atoms with E-state index in [1.165, 1.54) is 11.0 Å². The zero-order chi connectivity index (χ0) is 31.6. The van der Waals surface area contributed by atoms with Crippen molar-refractivity contribution in [1.29, 1.82) is 0 Å². The van der Waals surface area contributed by atoms with Crippen LogP contribution in [0, 0.1) is 11.7 Å². The first kappa shape index (κ1) is 33.8. The highest BCUT2D eigenvalue weighted by atomic mass is 32.2. The molecule has 4 rings (SSSR count). The topological polar surface area (TPSA) is 119 Å². The van der Waals surface area contributed by atoms with Crippen LogP contribution in [0.4, 0.5) is 10.1 Å². The van der Waals surface area contributed by atoms with Crippen LogP contribution in [0.2, 0.25) is 0 Å². The Hall–Kier alpha value is -2.12. The highest BCUT2D eigenvalue weighted by Crippen LogP contribution is 2.43. The van der Waals surface area contributed by atoms with E-state index in [4.69, 9.17) is 9.47 Å². The minimum atomic E-state index is -1.46. The lowest BCUT2D eigenvalue weighted by molar-refractivity contribution is -0.242. The number of rotatable bonds is 12. The quantitative estimate of drug-likeness (QED) is 0.229. The van der Waals surface area contributed by atoms with Crippen LogP contribution < -0.4 is 10.0 Å². The number of benzene rings is 1. The third-order valence-electron chi connectivity index (χ3n) is 8.02. The second kappa shape index (κ2) is 13.5. The fourth-order valence-corrected chi connectivity index (χ4v) is 6.34. The number of aliphatic hydroxyl groups excluding tert-OH is 1. The summed E-state index contributed by atoms with van der Waals surface area (Å²) in [5.74, 6) is -0.486. The summed E-state index contributed by atoms with van der Waals surface area (Å²) in [5, 5.41) is 13.6. The largest absolute Gasteiger partial charge is 0.598 e. The van der Waals surface area contributed by atoms with E-state index in [0.717, 1.165) is 24.8 Å². The number of ether oxygens (including phenoxy) is 2. The van der Waals surface area contributed by atoms with E-state index in [2.05, 4.69) is 15.0 Å². The number of methoxy groups -OCH3 is 1. The summed E-state index contributed by atoms with van der Waals surface area (Å²) in [4.78, 5) is 19.4. The van der Waals surface area contributed by atoms with Crippen molar-refractivity contribution >= 4 is 23.0 Å². The van der Waals surface area contributed by atoms with E-state index in [0.29, 0.717) is 24.3 Å². The van der Waals surface area contributed by atoms with E-state index in [1.54, 1.807) is 31.6 Å². The number of carbonyl (C=O) groups excluding carboxylic acids is 1. The number of hydrogen-bond acceptors (Lipinski definition) is 8. The van der Waals surface area contributed by atoms with E-state index >= 15 is 4.39 Å². The molecule has 1 saturated carbocycles. The zero-order valence-corrected chi connectivity index (χ0v) is 27.2. The van der Waals surface area contributed by atoms with Gasteiger partial charge in [-0.3, -0.25) is 9.78 Å². The molecule has 3 N–H and O–H groups in total. The molecular weight excluding hydrogens is 571 g/mol. The smallest absolute Gasteiger partial charge is 0.242 e. The highest BCUT2D eigenvalue weighted by molar-refractivity contribution is 7.90. The Balaban J connectivity index is 1.70. The Kier molecular flexibility index (Phi) is 10.6. The predicted molar refractivity (Wildman–Crippen MR) is 166 cm³/mol. The lowest BCUT2D eigenvalue weighted by atomic mass is 9.79. The van der Waals surface area contributed by atoms with Gasteiger partial charge in [-0.1, -0.05) is 18.9 Å². The Morgan fingerprint density at radius 1 is 1.16 bits per heavy atom. The Bertz CT molecular complexity index is 1240. The number of nitrogens with zero attached hydrogens (tertiary/aromatic N) is 2. The molecule has 1 aromatic carbocycles. The molecule has 1 amide bonds. The molecule has 0 bridgehead atoms. The van der Waals surface area contributed by atoms with Gasteiger partial charge in [0.25, 0.3) is 0 Å². The number of aliphatic hydroxyl groups is 1. The highest BCUT2D eigenvalue weighted by Gasteiger charge is 2.45. The lowest BCUT2D eigenvalue weighted by Crippen LogP contribution is -2.52. The first-order chi connectivity index (χ1) is 20.1. The molecule has 1 aliphatic heterocycles. The van der Waals surface area contributed by atoms with Gasteiger partial charge >= 0.3 is 0 Å². The summed E-state index contributed by atoms with van der Waals surface area (Å²) in [7, 11) is 1.55. The van der Waals surface area contributed by atoms with Crippen molar-refractivity contribution < 1.29 is 28.3 Å². The summed E-state index contributed by atoms with van der Waals surface area (Å²) in [6, 6.07) is 7.62. The van der Waals surface area contributed by atoms with Gasteiger partial charge in [-0.05, 0) is 102 Å². The number of amides is 1. The van der Waals surface area contributed by atoms with Gasteiger partial charge in [0.15, 0.2) is 0 Å². The molecule has 1 aromatic heterocycles. The summed E-state index contributed by atoms with van der Waals surface area (Å²) >= 11 is -1.46. The minimum absolute atomic E-state index is 0.00254. The van der Waals surface area contributed by atoms with Crippen LogP contribution in [-0.4, -0.2) is 68.0 Å². The predicted octanol–water partition coefficient (Wildman–Crippen LogP) is 4.83. The molecule has 238 valence electrons. The second-order valence-corrected chi connectivity index (χ2v) is 15.6. The number of likely N-dealkylation sites (tertiary alicyclic amines) is 1. The molecule has 2 fully saturated rings. The fraction of sp³-hybridized carbons (Fsp3) is 0.625. The van der Waals surface area contributed by atoms with Gasteiger partial charge in [0.2, 0.25) is 12.3 Å². The van der Waals surface area contributed by atoms with Crippen molar-refractivity contribution in [2.45, 2.75) is 108 Å². The number of nitrogens with one attached hydrogen (secondary N) is 2. The number of carbonyl (C=O) groups is 1. The molecular formula is C32H47FN4O5S. The van der Waals surface area contributed by atoms with Crippen molar-refractivity contribution in [3.8, 4) is 0 Å². The molecule has 1 saturated heterocycles. The summed E-state index contributed by atoms with van der Waals surface area (Å²) in [5.41, 5.74) is -0.0283. The van der Waals surface area contributed by atoms with Crippen LogP contribution in [0.15, 0.2) is 42.7 Å². The molecule has 2 aromatic rings. The maximum Gasteiger partial charge on any atom is 0.242 e. The maximum absolute atomic E-state index is 15.4. The fourth-order valence-electron chi connectivity index (χ4n) is 5.38. The van der Waals surface area contributed by atoms with E-state index in [-0.39, 0.29) is 18.3 Å². The summed E-state index contributed by atoms with van der Waals surface area (Å²) < 4.78 is 43.1. The van der Waals surface area contributed by atoms with Crippen molar-refractivity contribution in [1.82, 2.24) is 14.6 Å². The van der Waals surface area contributed by atoms with Crippen molar-refractivity contribution in [3.05, 3.63) is 59.7 Å². The standard InChI is InChI=1S/C32H47FN4O5S/c1-30(2,3)42-29(39)37-20-24(41-7)19-27(37)28(38)35-26-18-23(10-11-25(26)33)32(15-12-21-8-9-21,22-13-16-34-17-14-22)36-43(40)31(4,5)6/h10-11,13-14,16-18,21,24,27,29,36,39H,8-9,12,15,19-20H2,1-7H3,(H,35,38)/t24-,27-,29?,32?,43-/m1/s1. The average Bonchev–Trinajstić information content (AvgIpc) is 3.66. The van der Waals surface area contributed by atoms with E-state index in [9.17, 15) is 14.5 Å². The van der Waals surface area contributed by atoms with E-state index < -0.39 is 51.4 Å². The Morgan fingerprint density at radius 3 is 2.42 bits per heavy atom. The van der Waals surface area contributed by atoms with Crippen LogP contribution >= 0.6 is 0 Å². The van der Waals surface area contributed by atoms with Crippen LogP contribution in [0.25, 0.3) is 0 Å². The van der Waals surface area contributed by atoms with Crippen molar-refractivity contribution in [2.75, 3.05) is 19.0 Å². The van der Waals surface area contributed by atoms with Crippen molar-refractivity contribution in [2.24, 2.45) is 5.92 Å². The van der Waals surface area contributed by atoms with Gasteiger partial charge in [0.1, 0.15) is 16.1 Å². The average molecular weight is 619 g/mol. The molecule has 0 spiro atoms. The van der Waals surface area contributed by atoms with Gasteiger partial charge in [-0.25, -0.2) is 9.29 Å². The summed E-state index contributed by atoms with van der Waals surface area (Å²) in [6.45, 7) is 11.4. The molecule has 1 aliphatic carbocycles. The first-order valence-electron chi connectivity index (χ1n) is 15.0. The molecule has 43 heavy (non-hydrogen) atoms. The van der Waals surface area contributed by atoms with Crippen LogP contribution in [0.5, 0.6) is 0 Å². The summed E-state index contributed by atoms with van der Waals surface area (Å²) in [6.07, 6.45) is 5.90. The normalized spacial score (nSPS) is 22.7.